The van der Waals surface area contributed by atoms with E-state index in [0.717, 1.165) is 25.7 Å². The van der Waals surface area contributed by atoms with E-state index in [0.29, 0.717) is 6.04 Å². The summed E-state index contributed by atoms with van der Waals surface area (Å²) in [6.07, 6.45) is 3.48. The van der Waals surface area contributed by atoms with Gasteiger partial charge in [0.25, 0.3) is 0 Å². The van der Waals surface area contributed by atoms with Crippen LogP contribution < -0.4 is 5.32 Å². The third kappa shape index (κ3) is 2.84. The average molecular weight is 247 g/mol. The van der Waals surface area contributed by atoms with Gasteiger partial charge in [-0.05, 0) is 56.7 Å². The monoisotopic (exact) mass is 247 g/mol. The molecule has 18 heavy (non-hydrogen) atoms. The minimum atomic E-state index is -0.639. The van der Waals surface area contributed by atoms with E-state index >= 15 is 0 Å². The molecule has 3 heteroatoms. The average Bonchev–Trinajstić information content (AvgIpc) is 2.36. The molecule has 1 aromatic rings. The van der Waals surface area contributed by atoms with Crippen LogP contribution in [0.3, 0.4) is 0 Å². The lowest BCUT2D eigenvalue weighted by Gasteiger charge is -2.28. The van der Waals surface area contributed by atoms with Crippen molar-refractivity contribution in [1.82, 2.24) is 0 Å². The fourth-order valence-electron chi connectivity index (χ4n) is 2.61. The molecule has 0 aliphatic heterocycles. The lowest BCUT2D eigenvalue weighted by molar-refractivity contribution is -0.142. The maximum atomic E-state index is 10.9. The van der Waals surface area contributed by atoms with Crippen molar-refractivity contribution in [1.29, 1.82) is 0 Å². The van der Waals surface area contributed by atoms with Crippen molar-refractivity contribution < 1.29 is 9.90 Å². The zero-order chi connectivity index (χ0) is 13.1. The number of rotatable bonds is 3. The Kier molecular flexibility index (Phi) is 3.90. The molecule has 0 radical (unpaired) electrons. The van der Waals surface area contributed by atoms with Gasteiger partial charge in [0.1, 0.15) is 0 Å². The zero-order valence-corrected chi connectivity index (χ0v) is 11.1. The Bertz CT molecular complexity index is 434. The molecule has 0 heterocycles. The molecule has 2 N–H and O–H groups in total. The quantitative estimate of drug-likeness (QED) is 0.861. The van der Waals surface area contributed by atoms with Crippen molar-refractivity contribution >= 4 is 11.7 Å². The standard InChI is InChI=1S/C15H21NO2/c1-10-4-3-5-14(11(10)2)16-13-8-6-12(7-9-13)15(17)18/h3-5,12-13,16H,6-9H2,1-2H3,(H,17,18). The number of carboxylic acid groups (broad SMARTS) is 1. The van der Waals surface area contributed by atoms with E-state index in [2.05, 4.69) is 37.4 Å². The van der Waals surface area contributed by atoms with Crippen LogP contribution >= 0.6 is 0 Å². The summed E-state index contributed by atoms with van der Waals surface area (Å²) in [6.45, 7) is 4.24. The van der Waals surface area contributed by atoms with Crippen molar-refractivity contribution in [2.45, 2.75) is 45.6 Å². The minimum Gasteiger partial charge on any atom is -0.481 e. The molecule has 3 nitrogen and oxygen atoms in total. The molecule has 0 amide bonds. The van der Waals surface area contributed by atoms with Gasteiger partial charge < -0.3 is 10.4 Å². The third-order valence-electron chi connectivity index (χ3n) is 4.04. The first kappa shape index (κ1) is 12.9. The molecule has 2 rings (SSSR count). The summed E-state index contributed by atoms with van der Waals surface area (Å²) in [5, 5.41) is 12.5. The molecule has 98 valence electrons. The largest absolute Gasteiger partial charge is 0.481 e. The molecule has 0 bridgehead atoms. The van der Waals surface area contributed by atoms with Gasteiger partial charge in [-0.25, -0.2) is 0 Å². The van der Waals surface area contributed by atoms with Gasteiger partial charge in [0, 0.05) is 11.7 Å². The second kappa shape index (κ2) is 5.42. The smallest absolute Gasteiger partial charge is 0.306 e. The maximum absolute atomic E-state index is 10.9. The Labute approximate surface area is 108 Å². The predicted octanol–water partition coefficient (Wildman–Crippen LogP) is 3.36. The number of carbonyl (C=O) groups is 1. The Morgan fingerprint density at radius 1 is 1.22 bits per heavy atom. The van der Waals surface area contributed by atoms with Crippen LogP contribution in [0.2, 0.25) is 0 Å². The maximum Gasteiger partial charge on any atom is 0.306 e. The lowest BCUT2D eigenvalue weighted by atomic mass is 9.86. The van der Waals surface area contributed by atoms with Gasteiger partial charge in [-0.15, -0.1) is 0 Å². The van der Waals surface area contributed by atoms with E-state index in [4.69, 9.17) is 5.11 Å². The Hall–Kier alpha value is -1.51. The first-order chi connectivity index (χ1) is 8.58. The first-order valence-electron chi connectivity index (χ1n) is 6.63. The van der Waals surface area contributed by atoms with Gasteiger partial charge in [-0.1, -0.05) is 12.1 Å². The highest BCUT2D eigenvalue weighted by atomic mass is 16.4. The highest BCUT2D eigenvalue weighted by Crippen LogP contribution is 2.28. The topological polar surface area (TPSA) is 49.3 Å². The van der Waals surface area contributed by atoms with Crippen LogP contribution in [0.15, 0.2) is 18.2 Å². The molecule has 1 aromatic carbocycles. The molecule has 1 aliphatic rings. The second-order valence-electron chi connectivity index (χ2n) is 5.28. The fraction of sp³-hybridized carbons (Fsp3) is 0.533. The highest BCUT2D eigenvalue weighted by molar-refractivity contribution is 5.70. The van der Waals surface area contributed by atoms with Crippen LogP contribution in [0.1, 0.15) is 36.8 Å². The van der Waals surface area contributed by atoms with Crippen molar-refractivity contribution in [3.05, 3.63) is 29.3 Å². The van der Waals surface area contributed by atoms with Crippen LogP contribution in [0.5, 0.6) is 0 Å². The van der Waals surface area contributed by atoms with Crippen LogP contribution in [0.4, 0.5) is 5.69 Å². The summed E-state index contributed by atoms with van der Waals surface area (Å²) in [5.74, 6) is -0.776. The number of nitrogens with one attached hydrogen (secondary N) is 1. The van der Waals surface area contributed by atoms with E-state index in [1.807, 2.05) is 0 Å². The molecule has 0 saturated heterocycles. The fourth-order valence-corrected chi connectivity index (χ4v) is 2.61. The van der Waals surface area contributed by atoms with E-state index < -0.39 is 5.97 Å². The summed E-state index contributed by atoms with van der Waals surface area (Å²) in [7, 11) is 0. The zero-order valence-electron chi connectivity index (χ0n) is 11.1. The molecule has 1 aliphatic carbocycles. The van der Waals surface area contributed by atoms with Gasteiger partial charge in [0.15, 0.2) is 0 Å². The molecular formula is C15H21NO2. The minimum absolute atomic E-state index is 0.137. The van der Waals surface area contributed by atoms with Crippen molar-refractivity contribution in [3.8, 4) is 0 Å². The first-order valence-corrected chi connectivity index (χ1v) is 6.63. The van der Waals surface area contributed by atoms with Crippen molar-refractivity contribution in [2.75, 3.05) is 5.32 Å². The lowest BCUT2D eigenvalue weighted by Crippen LogP contribution is -2.29. The number of aryl methyl sites for hydroxylation is 1. The summed E-state index contributed by atoms with van der Waals surface area (Å²) >= 11 is 0. The summed E-state index contributed by atoms with van der Waals surface area (Å²) in [5.41, 5.74) is 3.77. The summed E-state index contributed by atoms with van der Waals surface area (Å²) in [4.78, 5) is 10.9. The Morgan fingerprint density at radius 2 is 1.89 bits per heavy atom. The van der Waals surface area contributed by atoms with Crippen LogP contribution in [0, 0.1) is 19.8 Å². The van der Waals surface area contributed by atoms with Gasteiger partial charge in [-0.3, -0.25) is 4.79 Å². The predicted molar refractivity (Wildman–Crippen MR) is 72.9 cm³/mol. The molecule has 0 spiro atoms. The number of hydrogen-bond acceptors (Lipinski definition) is 2. The van der Waals surface area contributed by atoms with Crippen molar-refractivity contribution in [2.24, 2.45) is 5.92 Å². The number of hydrogen-bond donors (Lipinski definition) is 2. The van der Waals surface area contributed by atoms with Gasteiger partial charge >= 0.3 is 5.97 Å². The Morgan fingerprint density at radius 3 is 2.50 bits per heavy atom. The second-order valence-corrected chi connectivity index (χ2v) is 5.28. The molecule has 0 unspecified atom stereocenters. The third-order valence-corrected chi connectivity index (χ3v) is 4.04. The normalized spacial score (nSPS) is 23.7. The van der Waals surface area contributed by atoms with E-state index in [1.54, 1.807) is 0 Å². The number of carboxylic acids is 1. The van der Waals surface area contributed by atoms with Crippen molar-refractivity contribution in [3.63, 3.8) is 0 Å². The molecule has 0 aromatic heterocycles. The molecule has 0 atom stereocenters. The number of benzene rings is 1. The van der Waals surface area contributed by atoms with Crippen LogP contribution in [0.25, 0.3) is 0 Å². The van der Waals surface area contributed by atoms with E-state index in [-0.39, 0.29) is 5.92 Å². The van der Waals surface area contributed by atoms with Gasteiger partial charge in [0.05, 0.1) is 5.92 Å². The van der Waals surface area contributed by atoms with Gasteiger partial charge in [-0.2, -0.15) is 0 Å². The van der Waals surface area contributed by atoms with E-state index in [9.17, 15) is 4.79 Å². The van der Waals surface area contributed by atoms with E-state index in [1.165, 1.54) is 16.8 Å². The summed E-state index contributed by atoms with van der Waals surface area (Å²) in [6, 6.07) is 6.70. The molecule has 1 saturated carbocycles. The molecular weight excluding hydrogens is 226 g/mol. The van der Waals surface area contributed by atoms with Gasteiger partial charge in [0.2, 0.25) is 0 Å². The summed E-state index contributed by atoms with van der Waals surface area (Å²) < 4.78 is 0. The molecule has 1 fully saturated rings. The number of aliphatic carboxylic acids is 1. The number of anilines is 1. The van der Waals surface area contributed by atoms with Crippen LogP contribution in [-0.4, -0.2) is 17.1 Å². The van der Waals surface area contributed by atoms with Crippen LogP contribution in [-0.2, 0) is 4.79 Å². The highest BCUT2D eigenvalue weighted by Gasteiger charge is 2.25. The SMILES string of the molecule is Cc1cccc(NC2CCC(C(=O)O)CC2)c1C. The Balaban J connectivity index is 1.96.